The van der Waals surface area contributed by atoms with E-state index in [0.29, 0.717) is 28.5 Å². The molecule has 208 valence electrons. The number of thioether (sulfide) groups is 1. The Morgan fingerprint density at radius 1 is 0.829 bits per heavy atom. The number of ketones is 1. The highest BCUT2D eigenvalue weighted by molar-refractivity contribution is 8.00. The van der Waals surface area contributed by atoms with Crippen molar-refractivity contribution < 1.29 is 19.1 Å². The van der Waals surface area contributed by atoms with Gasteiger partial charge in [-0.2, -0.15) is 0 Å². The summed E-state index contributed by atoms with van der Waals surface area (Å²) in [5.74, 6) is 0.368. The highest BCUT2D eigenvalue weighted by Gasteiger charge is 2.16. The van der Waals surface area contributed by atoms with Crippen LogP contribution in [-0.4, -0.2) is 30.5 Å². The van der Waals surface area contributed by atoms with Crippen LogP contribution in [0, 0.1) is 0 Å². The van der Waals surface area contributed by atoms with Gasteiger partial charge in [-0.15, -0.1) is 11.8 Å². The normalized spacial score (nSPS) is 11.2. The van der Waals surface area contributed by atoms with Gasteiger partial charge in [-0.3, -0.25) is 14.4 Å². The van der Waals surface area contributed by atoms with Crippen molar-refractivity contribution in [3.05, 3.63) is 131 Å². The molecule has 0 atom stereocenters. The minimum Gasteiger partial charge on any atom is -0.497 e. The van der Waals surface area contributed by atoms with E-state index >= 15 is 0 Å². The second-order valence-electron chi connectivity index (χ2n) is 9.63. The van der Waals surface area contributed by atoms with Gasteiger partial charge >= 0.3 is 0 Å². The van der Waals surface area contributed by atoms with Gasteiger partial charge in [-0.05, 0) is 65.6 Å². The fourth-order valence-electron chi connectivity index (χ4n) is 3.98. The van der Waals surface area contributed by atoms with Crippen LogP contribution in [0.5, 0.6) is 5.75 Å². The first kappa shape index (κ1) is 29.4. The number of anilines is 1. The lowest BCUT2D eigenvalue weighted by Gasteiger charge is -2.13. The quantitative estimate of drug-likeness (QED) is 0.114. The maximum atomic E-state index is 13.4. The first-order valence-electron chi connectivity index (χ1n) is 13.2. The molecule has 0 saturated heterocycles. The molecular formula is C34H32N2O4S. The predicted molar refractivity (Wildman–Crippen MR) is 166 cm³/mol. The number of hydrogen-bond acceptors (Lipinski definition) is 5. The third kappa shape index (κ3) is 8.43. The number of Topliss-reactive ketones (excluding diaryl/α,β-unsaturated/α-hetero) is 1. The van der Waals surface area contributed by atoms with Crippen LogP contribution in [0.25, 0.3) is 6.08 Å². The van der Waals surface area contributed by atoms with Crippen molar-refractivity contribution in [3.8, 4) is 5.75 Å². The zero-order valence-electron chi connectivity index (χ0n) is 23.2. The van der Waals surface area contributed by atoms with Crippen LogP contribution >= 0.6 is 11.8 Å². The molecule has 4 rings (SSSR count). The standard InChI is InChI=1S/C34H32N2O4S/c1-23(2)25-17-15-24(16-18-25)19-31(36-33(38)26-9-5-4-6-10-26)34(39)35-28-12-8-14-30(21-28)41-22-32(37)27-11-7-13-29(20-27)40-3/h4-21,23H,22H2,1-3H3,(H,35,39)(H,36,38)/b31-19-. The molecule has 0 spiro atoms. The van der Waals surface area contributed by atoms with Gasteiger partial charge in [-0.1, -0.05) is 74.5 Å². The van der Waals surface area contributed by atoms with Crippen molar-refractivity contribution in [1.82, 2.24) is 5.32 Å². The van der Waals surface area contributed by atoms with Crippen molar-refractivity contribution in [2.45, 2.75) is 24.7 Å². The molecule has 0 saturated carbocycles. The monoisotopic (exact) mass is 564 g/mol. The number of carbonyl (C=O) groups excluding carboxylic acids is 3. The summed E-state index contributed by atoms with van der Waals surface area (Å²) in [5.41, 5.74) is 3.65. The third-order valence-corrected chi connectivity index (χ3v) is 7.29. The van der Waals surface area contributed by atoms with Crippen LogP contribution in [0.2, 0.25) is 0 Å². The van der Waals surface area contributed by atoms with Crippen LogP contribution in [0.15, 0.2) is 114 Å². The summed E-state index contributed by atoms with van der Waals surface area (Å²) in [6, 6.07) is 30.9. The Morgan fingerprint density at radius 2 is 1.54 bits per heavy atom. The lowest BCUT2D eigenvalue weighted by atomic mass is 10.0. The van der Waals surface area contributed by atoms with Gasteiger partial charge < -0.3 is 15.4 Å². The summed E-state index contributed by atoms with van der Waals surface area (Å²) in [6.45, 7) is 4.23. The van der Waals surface area contributed by atoms with Crippen LogP contribution in [0.3, 0.4) is 0 Å². The lowest BCUT2D eigenvalue weighted by Crippen LogP contribution is -2.30. The SMILES string of the molecule is COc1cccc(C(=O)CSc2cccc(NC(=O)/C(=C/c3ccc(C(C)C)cc3)NC(=O)c3ccccc3)c2)c1. The van der Waals surface area contributed by atoms with E-state index in [1.165, 1.54) is 17.3 Å². The van der Waals surface area contributed by atoms with E-state index in [2.05, 4.69) is 24.5 Å². The molecule has 0 aliphatic rings. The molecule has 0 radical (unpaired) electrons. The van der Waals surface area contributed by atoms with Gasteiger partial charge in [0, 0.05) is 21.7 Å². The number of carbonyl (C=O) groups is 3. The molecule has 6 nitrogen and oxygen atoms in total. The zero-order valence-corrected chi connectivity index (χ0v) is 24.0. The number of rotatable bonds is 11. The largest absolute Gasteiger partial charge is 0.497 e. The molecule has 0 aliphatic heterocycles. The minimum absolute atomic E-state index is 0.0272. The number of nitrogens with one attached hydrogen (secondary N) is 2. The molecule has 2 amide bonds. The Hall–Kier alpha value is -4.62. The Balaban J connectivity index is 1.49. The van der Waals surface area contributed by atoms with E-state index < -0.39 is 5.91 Å². The second-order valence-corrected chi connectivity index (χ2v) is 10.7. The molecule has 0 fully saturated rings. The molecular weight excluding hydrogens is 532 g/mol. The Morgan fingerprint density at radius 3 is 2.24 bits per heavy atom. The van der Waals surface area contributed by atoms with Crippen molar-refractivity contribution >= 4 is 41.1 Å². The highest BCUT2D eigenvalue weighted by atomic mass is 32.2. The summed E-state index contributed by atoms with van der Waals surface area (Å²) >= 11 is 1.37. The third-order valence-electron chi connectivity index (χ3n) is 6.30. The Kier molecular flexibility index (Phi) is 10.1. The minimum atomic E-state index is -0.461. The second kappa shape index (κ2) is 14.1. The molecule has 2 N–H and O–H groups in total. The average molecular weight is 565 g/mol. The summed E-state index contributed by atoms with van der Waals surface area (Å²) in [5, 5.41) is 5.66. The molecule has 0 heterocycles. The fraction of sp³-hybridized carbons (Fsp3) is 0.147. The lowest BCUT2D eigenvalue weighted by molar-refractivity contribution is -0.113. The van der Waals surface area contributed by atoms with E-state index in [0.717, 1.165) is 10.5 Å². The van der Waals surface area contributed by atoms with Gasteiger partial charge in [-0.25, -0.2) is 0 Å². The topological polar surface area (TPSA) is 84.5 Å². The van der Waals surface area contributed by atoms with Crippen molar-refractivity contribution in [1.29, 1.82) is 0 Å². The van der Waals surface area contributed by atoms with E-state index in [9.17, 15) is 14.4 Å². The fourth-order valence-corrected chi connectivity index (χ4v) is 4.83. The predicted octanol–water partition coefficient (Wildman–Crippen LogP) is 7.20. The van der Waals surface area contributed by atoms with E-state index in [-0.39, 0.29) is 23.1 Å². The molecule has 4 aromatic carbocycles. The number of hydrogen-bond donors (Lipinski definition) is 2. The average Bonchev–Trinajstić information content (AvgIpc) is 3.00. The summed E-state index contributed by atoms with van der Waals surface area (Å²) in [6.07, 6.45) is 1.66. The van der Waals surface area contributed by atoms with E-state index in [4.69, 9.17) is 4.74 Å². The van der Waals surface area contributed by atoms with Gasteiger partial charge in [0.15, 0.2) is 5.78 Å². The molecule has 7 heteroatoms. The summed E-state index contributed by atoms with van der Waals surface area (Å²) in [7, 11) is 1.56. The Labute approximate surface area is 244 Å². The van der Waals surface area contributed by atoms with Gasteiger partial charge in [0.1, 0.15) is 11.4 Å². The molecule has 0 aliphatic carbocycles. The van der Waals surface area contributed by atoms with Crippen molar-refractivity contribution in [3.63, 3.8) is 0 Å². The maximum Gasteiger partial charge on any atom is 0.272 e. The van der Waals surface area contributed by atoms with Gasteiger partial charge in [0.25, 0.3) is 11.8 Å². The highest BCUT2D eigenvalue weighted by Crippen LogP contribution is 2.24. The number of ether oxygens (including phenoxy) is 1. The van der Waals surface area contributed by atoms with E-state index in [1.54, 1.807) is 73.8 Å². The molecule has 0 bridgehead atoms. The number of methoxy groups -OCH3 is 1. The maximum absolute atomic E-state index is 13.4. The van der Waals surface area contributed by atoms with Crippen LogP contribution in [0.4, 0.5) is 5.69 Å². The van der Waals surface area contributed by atoms with Crippen molar-refractivity contribution in [2.24, 2.45) is 0 Å². The summed E-state index contributed by atoms with van der Waals surface area (Å²) < 4.78 is 5.21. The number of benzene rings is 4. The van der Waals surface area contributed by atoms with Crippen LogP contribution in [-0.2, 0) is 4.79 Å². The van der Waals surface area contributed by atoms with E-state index in [1.807, 2.05) is 42.5 Å². The van der Waals surface area contributed by atoms with Gasteiger partial charge in [0.05, 0.1) is 12.9 Å². The van der Waals surface area contributed by atoms with Gasteiger partial charge in [0.2, 0.25) is 0 Å². The Bertz CT molecular complexity index is 1550. The molecule has 0 aromatic heterocycles. The molecule has 0 unspecified atom stereocenters. The van der Waals surface area contributed by atoms with Crippen molar-refractivity contribution in [2.75, 3.05) is 18.2 Å². The smallest absolute Gasteiger partial charge is 0.272 e. The first-order chi connectivity index (χ1) is 19.8. The molecule has 4 aromatic rings. The number of amides is 2. The first-order valence-corrected chi connectivity index (χ1v) is 14.2. The zero-order chi connectivity index (χ0) is 29.2. The summed E-state index contributed by atoms with van der Waals surface area (Å²) in [4.78, 5) is 39.9. The molecule has 41 heavy (non-hydrogen) atoms. The van der Waals surface area contributed by atoms with Crippen LogP contribution < -0.4 is 15.4 Å². The van der Waals surface area contributed by atoms with Crippen LogP contribution in [0.1, 0.15) is 51.6 Å².